The number of hydrogen-bond donors (Lipinski definition) is 1. The first-order valence-corrected chi connectivity index (χ1v) is 4.61. The lowest BCUT2D eigenvalue weighted by atomic mass is 10.3. The summed E-state index contributed by atoms with van der Waals surface area (Å²) in [5.74, 6) is -0.445. The average molecular weight is 228 g/mol. The van der Waals surface area contributed by atoms with Gasteiger partial charge < -0.3 is 9.84 Å². The largest absolute Gasteiger partial charge is 0.488 e. The van der Waals surface area contributed by atoms with Gasteiger partial charge in [-0.05, 0) is 13.0 Å². The Morgan fingerprint density at radius 3 is 3.00 bits per heavy atom. The normalized spacial score (nSPS) is 11.2. The van der Waals surface area contributed by atoms with Crippen LogP contribution >= 0.6 is 11.6 Å². The highest BCUT2D eigenvalue weighted by Crippen LogP contribution is 2.14. The summed E-state index contributed by atoms with van der Waals surface area (Å²) in [5, 5.41) is 9.04. The van der Waals surface area contributed by atoms with Crippen molar-refractivity contribution < 1.29 is 14.6 Å². The van der Waals surface area contributed by atoms with Crippen LogP contribution in [-0.4, -0.2) is 22.7 Å². The van der Waals surface area contributed by atoms with Gasteiger partial charge in [-0.25, -0.2) is 4.79 Å². The van der Waals surface area contributed by atoms with Crippen LogP contribution in [0.25, 0.3) is 0 Å². The number of hydrogen-bond acceptors (Lipinski definition) is 3. The fourth-order valence-electron chi connectivity index (χ4n) is 0.822. The van der Waals surface area contributed by atoms with Gasteiger partial charge in [-0.1, -0.05) is 11.6 Å². The maximum Gasteiger partial charge on any atom is 0.331 e. The first kappa shape index (κ1) is 11.5. The van der Waals surface area contributed by atoms with Crippen LogP contribution in [0, 0.1) is 0 Å². The topological polar surface area (TPSA) is 59.4 Å². The molecule has 0 aliphatic carbocycles. The van der Waals surface area contributed by atoms with Crippen molar-refractivity contribution in [1.82, 2.24) is 4.98 Å². The molecule has 1 aromatic rings. The molecule has 5 heteroatoms. The second-order valence-electron chi connectivity index (χ2n) is 2.84. The summed E-state index contributed by atoms with van der Waals surface area (Å²) in [6, 6.07) is 1.61. The Morgan fingerprint density at radius 2 is 2.40 bits per heavy atom. The minimum atomic E-state index is -0.956. The quantitative estimate of drug-likeness (QED) is 0.801. The summed E-state index contributed by atoms with van der Waals surface area (Å²) in [4.78, 5) is 14.3. The molecule has 4 nitrogen and oxygen atoms in total. The average Bonchev–Trinajstić information content (AvgIpc) is 2.17. The van der Waals surface area contributed by atoms with Gasteiger partial charge in [0.15, 0.2) is 0 Å². The summed E-state index contributed by atoms with van der Waals surface area (Å²) in [6.07, 6.45) is 4.48. The highest BCUT2D eigenvalue weighted by atomic mass is 35.5. The molecule has 1 N–H and O–H groups in total. The summed E-state index contributed by atoms with van der Waals surface area (Å²) < 4.78 is 5.22. The van der Waals surface area contributed by atoms with Crippen LogP contribution in [0.4, 0.5) is 0 Å². The predicted octanol–water partition coefficient (Wildman–Crippen LogP) is 2.14. The molecule has 0 atom stereocenters. The predicted molar refractivity (Wildman–Crippen MR) is 56.1 cm³/mol. The number of carboxylic acid groups (broad SMARTS) is 1. The van der Waals surface area contributed by atoms with Gasteiger partial charge in [-0.2, -0.15) is 0 Å². The van der Waals surface area contributed by atoms with Crippen LogP contribution in [0.15, 0.2) is 30.1 Å². The fraction of sp³-hybridized carbons (Fsp3) is 0.200. The molecule has 0 amide bonds. The minimum Gasteiger partial charge on any atom is -0.488 e. The van der Waals surface area contributed by atoms with Crippen LogP contribution in [-0.2, 0) is 4.79 Å². The van der Waals surface area contributed by atoms with Gasteiger partial charge in [0.1, 0.15) is 12.4 Å². The van der Waals surface area contributed by atoms with Gasteiger partial charge in [0.2, 0.25) is 0 Å². The molecule has 0 aliphatic heterocycles. The van der Waals surface area contributed by atoms with Gasteiger partial charge in [-0.15, -0.1) is 0 Å². The zero-order valence-electron chi connectivity index (χ0n) is 8.11. The zero-order chi connectivity index (χ0) is 11.3. The van der Waals surface area contributed by atoms with Crippen molar-refractivity contribution in [3.05, 3.63) is 35.1 Å². The van der Waals surface area contributed by atoms with E-state index < -0.39 is 5.97 Å². The number of pyridine rings is 1. The Balaban J connectivity index is 2.51. The molecule has 0 radical (unpaired) electrons. The highest BCUT2D eigenvalue weighted by molar-refractivity contribution is 6.30. The number of ether oxygens (including phenoxy) is 1. The van der Waals surface area contributed by atoms with E-state index in [-0.39, 0.29) is 12.2 Å². The van der Waals surface area contributed by atoms with Crippen LogP contribution in [0.5, 0.6) is 5.75 Å². The standard InChI is InChI=1S/C10H10ClNO3/c1-7(10(13)14)2-3-15-9-4-8(11)5-12-6-9/h2,4-6H,3H2,1H3,(H,13,14). The molecule has 0 bridgehead atoms. The Labute approximate surface area is 92.2 Å². The van der Waals surface area contributed by atoms with Crippen molar-refractivity contribution in [2.45, 2.75) is 6.92 Å². The molecule has 0 saturated carbocycles. The lowest BCUT2D eigenvalue weighted by Crippen LogP contribution is -2.00. The Bertz CT molecular complexity index is 390. The van der Waals surface area contributed by atoms with Crippen LogP contribution < -0.4 is 4.74 Å². The monoisotopic (exact) mass is 227 g/mol. The zero-order valence-corrected chi connectivity index (χ0v) is 8.86. The molecule has 1 rings (SSSR count). The Morgan fingerprint density at radius 1 is 1.67 bits per heavy atom. The molecule has 80 valence electrons. The van der Waals surface area contributed by atoms with Gasteiger partial charge in [0.05, 0.1) is 11.2 Å². The minimum absolute atomic E-state index is 0.181. The van der Waals surface area contributed by atoms with E-state index >= 15 is 0 Å². The van der Waals surface area contributed by atoms with E-state index in [4.69, 9.17) is 21.4 Å². The molecule has 1 aromatic heterocycles. The molecule has 0 saturated heterocycles. The van der Waals surface area contributed by atoms with Crippen molar-refractivity contribution in [3.63, 3.8) is 0 Å². The molecular formula is C10H10ClNO3. The first-order valence-electron chi connectivity index (χ1n) is 4.23. The molecule has 0 aromatic carbocycles. The Kier molecular flexibility index (Phi) is 4.12. The molecule has 0 spiro atoms. The van der Waals surface area contributed by atoms with Crippen LogP contribution in [0.2, 0.25) is 5.02 Å². The molecule has 1 heterocycles. The van der Waals surface area contributed by atoms with Crippen molar-refractivity contribution in [2.75, 3.05) is 6.61 Å². The Hall–Kier alpha value is -1.55. The van der Waals surface area contributed by atoms with Crippen molar-refractivity contribution in [1.29, 1.82) is 0 Å². The number of aliphatic carboxylic acids is 1. The third kappa shape index (κ3) is 3.99. The van der Waals surface area contributed by atoms with Crippen molar-refractivity contribution in [3.8, 4) is 5.75 Å². The number of carbonyl (C=O) groups is 1. The number of carboxylic acids is 1. The van der Waals surface area contributed by atoms with E-state index in [0.717, 1.165) is 0 Å². The molecule has 0 fully saturated rings. The van der Waals surface area contributed by atoms with Gasteiger partial charge in [0, 0.05) is 17.8 Å². The van der Waals surface area contributed by atoms with Crippen molar-refractivity contribution >= 4 is 17.6 Å². The summed E-state index contributed by atoms with van der Waals surface area (Å²) in [7, 11) is 0. The number of nitrogens with zero attached hydrogens (tertiary/aromatic N) is 1. The summed E-state index contributed by atoms with van der Waals surface area (Å²) in [6.45, 7) is 1.68. The van der Waals surface area contributed by atoms with Crippen LogP contribution in [0.3, 0.4) is 0 Å². The maximum atomic E-state index is 10.4. The highest BCUT2D eigenvalue weighted by Gasteiger charge is 1.99. The van der Waals surface area contributed by atoms with E-state index in [2.05, 4.69) is 4.98 Å². The number of rotatable bonds is 4. The maximum absolute atomic E-state index is 10.4. The smallest absolute Gasteiger partial charge is 0.331 e. The summed E-state index contributed by atoms with van der Waals surface area (Å²) in [5.41, 5.74) is 0.241. The number of aromatic nitrogens is 1. The SMILES string of the molecule is CC(=CCOc1cncc(Cl)c1)C(=O)O. The van der Waals surface area contributed by atoms with Gasteiger partial charge in [0.25, 0.3) is 0 Å². The van der Waals surface area contributed by atoms with E-state index in [9.17, 15) is 4.79 Å². The van der Waals surface area contributed by atoms with E-state index in [0.29, 0.717) is 10.8 Å². The molecule has 15 heavy (non-hydrogen) atoms. The molecule has 0 aliphatic rings. The van der Waals surface area contributed by atoms with E-state index in [1.807, 2.05) is 0 Å². The summed E-state index contributed by atoms with van der Waals surface area (Å²) >= 11 is 5.68. The van der Waals surface area contributed by atoms with Crippen molar-refractivity contribution in [2.24, 2.45) is 0 Å². The lowest BCUT2D eigenvalue weighted by Gasteiger charge is -2.02. The lowest BCUT2D eigenvalue weighted by molar-refractivity contribution is -0.132. The first-order chi connectivity index (χ1) is 7.09. The fourth-order valence-corrected chi connectivity index (χ4v) is 0.985. The third-order valence-corrected chi connectivity index (χ3v) is 1.86. The second kappa shape index (κ2) is 5.36. The number of halogens is 1. The van der Waals surface area contributed by atoms with Gasteiger partial charge >= 0.3 is 5.97 Å². The molecule has 0 unspecified atom stereocenters. The van der Waals surface area contributed by atoms with E-state index in [1.54, 1.807) is 6.07 Å². The van der Waals surface area contributed by atoms with Gasteiger partial charge in [-0.3, -0.25) is 4.98 Å². The molecular weight excluding hydrogens is 218 g/mol. The van der Waals surface area contributed by atoms with Crippen LogP contribution in [0.1, 0.15) is 6.92 Å². The second-order valence-corrected chi connectivity index (χ2v) is 3.28. The van der Waals surface area contributed by atoms with E-state index in [1.165, 1.54) is 25.4 Å². The third-order valence-electron chi connectivity index (χ3n) is 1.66.